The van der Waals surface area contributed by atoms with Crippen molar-refractivity contribution in [2.24, 2.45) is 0 Å². The van der Waals surface area contributed by atoms with Crippen molar-refractivity contribution in [1.29, 1.82) is 5.26 Å². The maximum atomic E-state index is 12.5. The topological polar surface area (TPSA) is 127 Å². The summed E-state index contributed by atoms with van der Waals surface area (Å²) >= 11 is 0. The average Bonchev–Trinajstić information content (AvgIpc) is 3.47. The Kier molecular flexibility index (Phi) is 7.50. The second-order valence-corrected chi connectivity index (χ2v) is 10.4. The van der Waals surface area contributed by atoms with E-state index < -0.39 is 10.0 Å². The predicted molar refractivity (Wildman–Crippen MR) is 130 cm³/mol. The van der Waals surface area contributed by atoms with E-state index in [1.807, 2.05) is 39.0 Å². The summed E-state index contributed by atoms with van der Waals surface area (Å²) in [5.74, 6) is 1.13. The van der Waals surface area contributed by atoms with E-state index in [2.05, 4.69) is 20.9 Å². The number of benzene rings is 2. The number of nitrogens with one attached hydrogen (secondary N) is 1. The quantitative estimate of drug-likeness (QED) is 0.417. The third-order valence-electron chi connectivity index (χ3n) is 5.67. The lowest BCUT2D eigenvalue weighted by Crippen LogP contribution is -2.31. The van der Waals surface area contributed by atoms with Gasteiger partial charge in [-0.15, -0.1) is 0 Å². The third-order valence-corrected chi connectivity index (χ3v) is 7.02. The van der Waals surface area contributed by atoms with Gasteiger partial charge >= 0.3 is 0 Å². The van der Waals surface area contributed by atoms with Crippen LogP contribution in [0, 0.1) is 11.3 Å². The highest BCUT2D eigenvalue weighted by Crippen LogP contribution is 2.38. The molecule has 35 heavy (non-hydrogen) atoms. The Bertz CT molecular complexity index is 1340. The highest BCUT2D eigenvalue weighted by Gasteiger charge is 2.29. The lowest BCUT2D eigenvalue weighted by molar-refractivity contribution is 0.163. The Labute approximate surface area is 205 Å². The molecule has 1 heterocycles. The lowest BCUT2D eigenvalue weighted by Gasteiger charge is -2.15. The summed E-state index contributed by atoms with van der Waals surface area (Å²) in [7, 11) is -3.47. The molecule has 0 bridgehead atoms. The van der Waals surface area contributed by atoms with Crippen molar-refractivity contribution < 1.29 is 22.4 Å². The van der Waals surface area contributed by atoms with Crippen LogP contribution in [0.4, 0.5) is 0 Å². The van der Waals surface area contributed by atoms with Gasteiger partial charge in [0.05, 0.1) is 24.0 Å². The van der Waals surface area contributed by atoms with Crippen LogP contribution in [0.15, 0.2) is 40.9 Å². The standard InChI is InChI=1S/C25H28N4O5S/c1-4-32-12-13-35(30,31)29-22-10-9-19-20(22)6-5-7-21(19)24-27-25(34-28-24)17-8-11-23(33-16(2)3)18(14-17)15-26/h5-8,11,14,16,22,29H,4,9-10,12-13H2,1-3H3/t22-/m1/s1. The van der Waals surface area contributed by atoms with Gasteiger partial charge < -0.3 is 14.0 Å². The Hall–Kier alpha value is -3.26. The number of rotatable bonds is 10. The number of ether oxygens (including phenoxy) is 2. The number of nitrogens with zero attached hydrogens (tertiary/aromatic N) is 3. The minimum Gasteiger partial charge on any atom is -0.490 e. The molecular formula is C25H28N4O5S. The van der Waals surface area contributed by atoms with Crippen LogP contribution in [-0.2, 0) is 21.2 Å². The second kappa shape index (κ2) is 10.6. The van der Waals surface area contributed by atoms with E-state index in [1.54, 1.807) is 18.2 Å². The fourth-order valence-electron chi connectivity index (χ4n) is 4.13. The van der Waals surface area contributed by atoms with Crippen LogP contribution in [0.25, 0.3) is 22.8 Å². The Morgan fingerprint density at radius 3 is 2.86 bits per heavy atom. The minimum atomic E-state index is -3.47. The molecule has 9 nitrogen and oxygen atoms in total. The first kappa shape index (κ1) is 24.9. The molecule has 0 spiro atoms. The summed E-state index contributed by atoms with van der Waals surface area (Å²) in [6, 6.07) is 12.7. The molecule has 0 amide bonds. The van der Waals surface area contributed by atoms with Gasteiger partial charge in [0.1, 0.15) is 11.8 Å². The normalized spacial score (nSPS) is 15.2. The van der Waals surface area contributed by atoms with Crippen LogP contribution in [-0.4, -0.2) is 43.6 Å². The van der Waals surface area contributed by atoms with Crippen molar-refractivity contribution in [3.8, 4) is 34.7 Å². The molecule has 1 N–H and O–H groups in total. The van der Waals surface area contributed by atoms with Gasteiger partial charge in [0.15, 0.2) is 0 Å². The van der Waals surface area contributed by atoms with Gasteiger partial charge in [0.2, 0.25) is 15.8 Å². The van der Waals surface area contributed by atoms with Crippen molar-refractivity contribution in [2.75, 3.05) is 19.0 Å². The van der Waals surface area contributed by atoms with Crippen molar-refractivity contribution in [2.45, 2.75) is 45.8 Å². The van der Waals surface area contributed by atoms with Gasteiger partial charge in [-0.25, -0.2) is 13.1 Å². The molecule has 1 atom stereocenters. The molecule has 2 aromatic carbocycles. The predicted octanol–water partition coefficient (Wildman–Crippen LogP) is 4.01. The molecule has 0 saturated carbocycles. The number of hydrogen-bond donors (Lipinski definition) is 1. The SMILES string of the molecule is CCOCCS(=O)(=O)N[C@@H]1CCc2c(-c3noc(-c4ccc(OC(C)C)c(C#N)c4)n3)cccc21. The highest BCUT2D eigenvalue weighted by atomic mass is 32.2. The molecule has 1 aliphatic carbocycles. The molecule has 0 radical (unpaired) electrons. The molecule has 10 heteroatoms. The summed E-state index contributed by atoms with van der Waals surface area (Å²) < 4.78 is 44.1. The van der Waals surface area contributed by atoms with E-state index >= 15 is 0 Å². The number of fused-ring (bicyclic) bond motifs is 1. The monoisotopic (exact) mass is 496 g/mol. The van der Waals surface area contributed by atoms with Gasteiger partial charge in [-0.05, 0) is 62.9 Å². The summed E-state index contributed by atoms with van der Waals surface area (Å²) in [5, 5.41) is 13.7. The van der Waals surface area contributed by atoms with Crippen molar-refractivity contribution in [3.05, 3.63) is 53.1 Å². The van der Waals surface area contributed by atoms with E-state index in [-0.39, 0.29) is 30.4 Å². The smallest absolute Gasteiger partial charge is 0.258 e. The zero-order chi connectivity index (χ0) is 25.0. The van der Waals surface area contributed by atoms with Crippen LogP contribution in [0.3, 0.4) is 0 Å². The van der Waals surface area contributed by atoms with Crippen molar-refractivity contribution in [1.82, 2.24) is 14.9 Å². The zero-order valence-electron chi connectivity index (χ0n) is 19.9. The highest BCUT2D eigenvalue weighted by molar-refractivity contribution is 7.89. The summed E-state index contributed by atoms with van der Waals surface area (Å²) in [6.45, 7) is 6.26. The Morgan fingerprint density at radius 1 is 1.29 bits per heavy atom. The van der Waals surface area contributed by atoms with Gasteiger partial charge in [0.25, 0.3) is 5.89 Å². The summed E-state index contributed by atoms with van der Waals surface area (Å²) in [6.07, 6.45) is 1.28. The summed E-state index contributed by atoms with van der Waals surface area (Å²) in [5.41, 5.74) is 3.71. The average molecular weight is 497 g/mol. The first-order valence-corrected chi connectivity index (χ1v) is 13.2. The molecule has 3 aromatic rings. The number of aromatic nitrogens is 2. The van der Waals surface area contributed by atoms with Crippen molar-refractivity contribution >= 4 is 10.0 Å². The van der Waals surface area contributed by atoms with E-state index in [4.69, 9.17) is 14.0 Å². The molecule has 0 saturated heterocycles. The minimum absolute atomic E-state index is 0.0545. The molecule has 0 aliphatic heterocycles. The van der Waals surface area contributed by atoms with E-state index in [0.717, 1.165) is 16.7 Å². The first-order valence-electron chi connectivity index (χ1n) is 11.6. The molecule has 1 aliphatic rings. The number of nitriles is 1. The second-order valence-electron chi connectivity index (χ2n) is 8.51. The van der Waals surface area contributed by atoms with Crippen LogP contribution >= 0.6 is 0 Å². The van der Waals surface area contributed by atoms with Crippen molar-refractivity contribution in [3.63, 3.8) is 0 Å². The van der Waals surface area contributed by atoms with Crippen LogP contribution < -0.4 is 9.46 Å². The number of hydrogen-bond acceptors (Lipinski definition) is 8. The molecular weight excluding hydrogens is 468 g/mol. The fourth-order valence-corrected chi connectivity index (χ4v) is 5.27. The maximum absolute atomic E-state index is 12.5. The molecule has 184 valence electrons. The van der Waals surface area contributed by atoms with E-state index in [9.17, 15) is 13.7 Å². The van der Waals surface area contributed by atoms with Gasteiger partial charge in [-0.1, -0.05) is 23.4 Å². The Morgan fingerprint density at radius 2 is 2.11 bits per heavy atom. The lowest BCUT2D eigenvalue weighted by atomic mass is 10.0. The fraction of sp³-hybridized carbons (Fsp3) is 0.400. The molecule has 4 rings (SSSR count). The third kappa shape index (κ3) is 5.70. The van der Waals surface area contributed by atoms with Crippen LogP contribution in [0.5, 0.6) is 5.75 Å². The number of sulfonamides is 1. The largest absolute Gasteiger partial charge is 0.490 e. The zero-order valence-corrected chi connectivity index (χ0v) is 20.8. The van der Waals surface area contributed by atoms with Gasteiger partial charge in [-0.3, -0.25) is 0 Å². The first-order chi connectivity index (χ1) is 16.8. The van der Waals surface area contributed by atoms with Gasteiger partial charge in [-0.2, -0.15) is 10.2 Å². The van der Waals surface area contributed by atoms with E-state index in [1.165, 1.54) is 0 Å². The Balaban J connectivity index is 1.57. The molecule has 0 unspecified atom stereocenters. The molecule has 1 aromatic heterocycles. The van der Waals surface area contributed by atoms with Crippen LogP contribution in [0.1, 0.15) is 49.9 Å². The maximum Gasteiger partial charge on any atom is 0.258 e. The van der Waals surface area contributed by atoms with Gasteiger partial charge in [0, 0.05) is 23.8 Å². The molecule has 0 fully saturated rings. The summed E-state index contributed by atoms with van der Waals surface area (Å²) in [4.78, 5) is 4.56. The van der Waals surface area contributed by atoms with E-state index in [0.29, 0.717) is 42.1 Å². The van der Waals surface area contributed by atoms with Crippen LogP contribution in [0.2, 0.25) is 0 Å².